The molecule has 0 aromatic carbocycles. The van der Waals surface area contributed by atoms with Crippen LogP contribution in [0.2, 0.25) is 25.7 Å². The highest BCUT2D eigenvalue weighted by Crippen LogP contribution is 2.82. The molecule has 4 bridgehead atoms. The predicted molar refractivity (Wildman–Crippen MR) is 177 cm³/mol. The predicted octanol–water partition coefficient (Wildman–Crippen LogP) is 7.29. The van der Waals surface area contributed by atoms with E-state index in [2.05, 4.69) is 69.0 Å². The number of aldehydes is 1. The van der Waals surface area contributed by atoms with Crippen molar-refractivity contribution in [3.05, 3.63) is 34.9 Å². The van der Waals surface area contributed by atoms with Gasteiger partial charge in [-0.3, -0.25) is 4.79 Å². The van der Waals surface area contributed by atoms with Gasteiger partial charge in [-0.25, -0.2) is 0 Å². The van der Waals surface area contributed by atoms with Gasteiger partial charge in [-0.1, -0.05) is 87.1 Å². The third-order valence-electron chi connectivity index (χ3n) is 11.6. The lowest BCUT2D eigenvalue weighted by Gasteiger charge is -2.59. The number of hydrogen-bond donors (Lipinski definition) is 0. The molecule has 0 radical (unpaired) electrons. The standard InChI is InChI=1S/C35H53BrO7Si/c1-22(2)29-15-26-16-33(19-37)28-10-9-23(3)27(28)17-34(26,35(29,33)32(38)42-21-39-13-14-44(6,7)8)20-41-31-12-11-30(25(5)43-31)40-18-24(4)36/h11-12,15,19,22-23,25-28,30-31H,4,9-10,13-14,16-18,20-21H2,1-3,5-8H3/t23-,25-,26+,27-,28-,30+,31-,33+,34+,35+/m1/s1. The van der Waals surface area contributed by atoms with Crippen molar-refractivity contribution in [3.8, 4) is 0 Å². The first kappa shape index (κ1) is 34.2. The normalized spacial score (nSPS) is 40.7. The SMILES string of the molecule is C=C(Br)CO[C@H]1C=C[C@H](OC[C@@]23C[C@@H]4[C@H](C)CC[C@H]4[C@@]4(C=O)C[C@@H]2C=C(C(C)C)[C@@]34C(=O)OCOCC[Si](C)(C)C)O[C@@H]1C. The Morgan fingerprint density at radius 1 is 1.18 bits per heavy atom. The molecule has 5 rings (SSSR count). The van der Waals surface area contributed by atoms with Crippen LogP contribution in [0.4, 0.5) is 0 Å². The van der Waals surface area contributed by atoms with Gasteiger partial charge in [0.15, 0.2) is 13.1 Å². The lowest BCUT2D eigenvalue weighted by Crippen LogP contribution is -2.64. The van der Waals surface area contributed by atoms with Gasteiger partial charge in [0, 0.05) is 24.6 Å². The fourth-order valence-corrected chi connectivity index (χ4v) is 10.5. The molecule has 0 N–H and O–H groups in total. The molecule has 5 aliphatic rings. The Bertz CT molecular complexity index is 1180. The topological polar surface area (TPSA) is 80.3 Å². The maximum atomic E-state index is 14.8. The van der Waals surface area contributed by atoms with Crippen molar-refractivity contribution in [2.24, 2.45) is 45.8 Å². The fraction of sp³-hybridized carbons (Fsp3) is 0.771. The number of carbonyl (C=O) groups is 2. The second kappa shape index (κ2) is 12.8. The van der Waals surface area contributed by atoms with Gasteiger partial charge in [-0.15, -0.1) is 0 Å². The molecule has 9 heteroatoms. The van der Waals surface area contributed by atoms with Gasteiger partial charge < -0.3 is 28.5 Å². The minimum Gasteiger partial charge on any atom is -0.438 e. The number of fused-ring (bicyclic) bond motifs is 2. The van der Waals surface area contributed by atoms with Crippen LogP contribution >= 0.6 is 15.9 Å². The zero-order chi connectivity index (χ0) is 32.1. The lowest BCUT2D eigenvalue weighted by atomic mass is 9.43. The number of hydrogen-bond acceptors (Lipinski definition) is 7. The molecule has 4 aliphatic carbocycles. The molecule has 44 heavy (non-hydrogen) atoms. The molecule has 1 heterocycles. The van der Waals surface area contributed by atoms with E-state index in [0.717, 1.165) is 41.6 Å². The van der Waals surface area contributed by atoms with E-state index in [1.807, 2.05) is 19.1 Å². The van der Waals surface area contributed by atoms with Gasteiger partial charge in [0.2, 0.25) is 0 Å². The zero-order valence-electron chi connectivity index (χ0n) is 27.7. The van der Waals surface area contributed by atoms with Crippen molar-refractivity contribution in [1.82, 2.24) is 0 Å². The van der Waals surface area contributed by atoms with Crippen LogP contribution in [0, 0.1) is 45.8 Å². The van der Waals surface area contributed by atoms with Crippen LogP contribution < -0.4 is 0 Å². The summed E-state index contributed by atoms with van der Waals surface area (Å²) in [4.78, 5) is 28.4. The average Bonchev–Trinajstić information content (AvgIpc) is 3.52. The van der Waals surface area contributed by atoms with Crippen LogP contribution in [0.1, 0.15) is 53.4 Å². The van der Waals surface area contributed by atoms with Crippen LogP contribution in [-0.4, -0.2) is 65.4 Å². The fourth-order valence-electron chi connectivity index (χ4n) is 9.64. The first-order valence-corrected chi connectivity index (χ1v) is 21.1. The summed E-state index contributed by atoms with van der Waals surface area (Å²) in [5.74, 6) is 0.835. The number of esters is 1. The quantitative estimate of drug-likeness (QED) is 0.0472. The summed E-state index contributed by atoms with van der Waals surface area (Å²) in [5, 5.41) is 0. The number of allylic oxidation sites excluding steroid dienone is 1. The molecule has 0 aromatic rings. The monoisotopic (exact) mass is 692 g/mol. The molecule has 0 spiro atoms. The van der Waals surface area contributed by atoms with Gasteiger partial charge in [0.25, 0.3) is 0 Å². The molecule has 0 saturated heterocycles. The maximum Gasteiger partial charge on any atom is 0.320 e. The van der Waals surface area contributed by atoms with E-state index >= 15 is 0 Å². The third kappa shape index (κ3) is 5.59. The van der Waals surface area contributed by atoms with E-state index in [9.17, 15) is 9.59 Å². The summed E-state index contributed by atoms with van der Waals surface area (Å²) >= 11 is 3.35. The number of ether oxygens (including phenoxy) is 5. The van der Waals surface area contributed by atoms with Crippen molar-refractivity contribution in [2.45, 2.75) is 97.6 Å². The van der Waals surface area contributed by atoms with Crippen molar-refractivity contribution < 1.29 is 33.3 Å². The Labute approximate surface area is 273 Å². The van der Waals surface area contributed by atoms with Gasteiger partial charge >= 0.3 is 5.97 Å². The average molecular weight is 694 g/mol. The molecule has 246 valence electrons. The molecule has 1 aliphatic heterocycles. The molecule has 0 amide bonds. The van der Waals surface area contributed by atoms with Gasteiger partial charge in [-0.05, 0) is 67.9 Å². The molecule has 3 fully saturated rings. The summed E-state index contributed by atoms with van der Waals surface area (Å²) in [6, 6.07) is 0.997. The maximum absolute atomic E-state index is 14.8. The molecule has 10 atom stereocenters. The van der Waals surface area contributed by atoms with Crippen molar-refractivity contribution in [3.63, 3.8) is 0 Å². The highest BCUT2D eigenvalue weighted by atomic mass is 79.9. The van der Waals surface area contributed by atoms with Crippen LogP contribution in [0.15, 0.2) is 34.9 Å². The van der Waals surface area contributed by atoms with Crippen LogP contribution in [-0.2, 0) is 33.3 Å². The second-order valence-corrected chi connectivity index (χ2v) is 22.4. The molecule has 0 aromatic heterocycles. The minimum atomic E-state index is -1.29. The largest absolute Gasteiger partial charge is 0.438 e. The highest BCUT2D eigenvalue weighted by molar-refractivity contribution is 9.11. The summed E-state index contributed by atoms with van der Waals surface area (Å²) in [7, 11) is -1.29. The van der Waals surface area contributed by atoms with E-state index in [1.54, 1.807) is 0 Å². The van der Waals surface area contributed by atoms with Gasteiger partial charge in [-0.2, -0.15) is 0 Å². The van der Waals surface area contributed by atoms with E-state index in [-0.39, 0.29) is 42.7 Å². The Hall–Kier alpha value is -1.10. The van der Waals surface area contributed by atoms with Crippen molar-refractivity contribution in [1.29, 1.82) is 0 Å². The highest BCUT2D eigenvalue weighted by Gasteiger charge is 2.84. The summed E-state index contributed by atoms with van der Waals surface area (Å²) in [5.41, 5.74) is -1.44. The summed E-state index contributed by atoms with van der Waals surface area (Å²) in [6.07, 6.45) is 9.91. The number of carbonyl (C=O) groups excluding carboxylic acids is 2. The number of rotatable bonds is 14. The molecule has 7 nitrogen and oxygen atoms in total. The van der Waals surface area contributed by atoms with Gasteiger partial charge in [0.1, 0.15) is 17.8 Å². The molecular formula is C35H53BrO7Si. The van der Waals surface area contributed by atoms with E-state index in [4.69, 9.17) is 23.7 Å². The zero-order valence-corrected chi connectivity index (χ0v) is 30.3. The second-order valence-electron chi connectivity index (χ2n) is 15.6. The van der Waals surface area contributed by atoms with E-state index in [1.165, 1.54) is 0 Å². The molecule has 0 unspecified atom stereocenters. The van der Waals surface area contributed by atoms with Crippen molar-refractivity contribution in [2.75, 3.05) is 26.6 Å². The van der Waals surface area contributed by atoms with E-state index in [0.29, 0.717) is 38.1 Å². The smallest absolute Gasteiger partial charge is 0.320 e. The first-order valence-electron chi connectivity index (χ1n) is 16.6. The lowest BCUT2D eigenvalue weighted by molar-refractivity contribution is -0.220. The van der Waals surface area contributed by atoms with Crippen LogP contribution in [0.25, 0.3) is 0 Å². The van der Waals surface area contributed by atoms with Crippen LogP contribution in [0.5, 0.6) is 0 Å². The Kier molecular flexibility index (Phi) is 9.99. The molecular weight excluding hydrogens is 640 g/mol. The molecule has 3 saturated carbocycles. The Morgan fingerprint density at radius 2 is 1.93 bits per heavy atom. The van der Waals surface area contributed by atoms with Crippen LogP contribution in [0.3, 0.4) is 0 Å². The first-order chi connectivity index (χ1) is 20.7. The summed E-state index contributed by atoms with van der Waals surface area (Å²) < 4.78 is 31.6. The van der Waals surface area contributed by atoms with Gasteiger partial charge in [0.05, 0.1) is 24.7 Å². The van der Waals surface area contributed by atoms with Crippen molar-refractivity contribution >= 4 is 36.3 Å². The van der Waals surface area contributed by atoms with E-state index < -0.39 is 30.6 Å². The minimum absolute atomic E-state index is 0.0503. The number of halogens is 1. The Morgan fingerprint density at radius 3 is 2.57 bits per heavy atom. The third-order valence-corrected chi connectivity index (χ3v) is 13.5. The Balaban J connectivity index is 1.46. The summed E-state index contributed by atoms with van der Waals surface area (Å²) in [6.45, 7) is 20.5.